The Labute approximate surface area is 175 Å². The summed E-state index contributed by atoms with van der Waals surface area (Å²) in [5.74, 6) is -2.57. The molecule has 2 N–H and O–H groups in total. The van der Waals surface area contributed by atoms with Gasteiger partial charge in [-0.1, -0.05) is 0 Å². The smallest absolute Gasteiger partial charge is 0.253 e. The molecule has 3 aromatic rings. The van der Waals surface area contributed by atoms with E-state index in [1.54, 1.807) is 18.5 Å². The van der Waals surface area contributed by atoms with Crippen LogP contribution >= 0.6 is 22.6 Å². The Morgan fingerprint density at radius 2 is 1.86 bits per heavy atom. The molecule has 0 saturated carbocycles. The average molecular weight is 493 g/mol. The van der Waals surface area contributed by atoms with Gasteiger partial charge in [0.2, 0.25) is 0 Å². The maximum absolute atomic E-state index is 14.5. The van der Waals surface area contributed by atoms with Crippen molar-refractivity contribution >= 4 is 39.9 Å². The number of aryl methyl sites for hydroxylation is 1. The number of amides is 1. The van der Waals surface area contributed by atoms with Gasteiger partial charge in [0.25, 0.3) is 5.91 Å². The first kappa shape index (κ1) is 20.2. The van der Waals surface area contributed by atoms with Crippen molar-refractivity contribution in [3.8, 4) is 0 Å². The Morgan fingerprint density at radius 3 is 2.57 bits per heavy atom. The Bertz CT molecular complexity index is 996. The third-order valence-corrected chi connectivity index (χ3v) is 4.91. The monoisotopic (exact) mass is 493 g/mol. The maximum Gasteiger partial charge on any atom is 0.253 e. The first-order valence-electron chi connectivity index (χ1n) is 8.64. The van der Waals surface area contributed by atoms with Crippen LogP contribution in [0.2, 0.25) is 0 Å². The predicted octanol–water partition coefficient (Wildman–Crippen LogP) is 4.99. The van der Waals surface area contributed by atoms with Gasteiger partial charge in [-0.25, -0.2) is 8.78 Å². The third kappa shape index (κ3) is 4.83. The minimum atomic E-state index is -1.08. The Morgan fingerprint density at radius 1 is 1.11 bits per heavy atom. The Balaban J connectivity index is 1.80. The predicted molar refractivity (Wildman–Crippen MR) is 114 cm³/mol. The summed E-state index contributed by atoms with van der Waals surface area (Å²) in [6, 6.07) is 11.5. The van der Waals surface area contributed by atoms with Crippen LogP contribution in [-0.2, 0) is 6.42 Å². The standard InChI is InChI=1S/C21H18F2IN3O/c1-13-12-15(24)2-5-18(13)27-20-16(3-4-17(22)19(20)23)21(28)26-11-8-14-6-9-25-10-7-14/h2-7,9-10,12,27H,8,11H2,1H3,(H,26,28). The summed E-state index contributed by atoms with van der Waals surface area (Å²) in [5, 5.41) is 5.63. The summed E-state index contributed by atoms with van der Waals surface area (Å²) in [6.07, 6.45) is 3.97. The molecule has 1 amide bonds. The zero-order valence-corrected chi connectivity index (χ0v) is 17.3. The zero-order valence-electron chi connectivity index (χ0n) is 15.1. The molecule has 7 heteroatoms. The molecule has 144 valence electrons. The van der Waals surface area contributed by atoms with Crippen molar-refractivity contribution in [2.24, 2.45) is 0 Å². The minimum Gasteiger partial charge on any atom is -0.352 e. The van der Waals surface area contributed by atoms with Gasteiger partial charge in [0.1, 0.15) is 0 Å². The molecule has 0 spiro atoms. The molecule has 0 fully saturated rings. The molecule has 1 heterocycles. The van der Waals surface area contributed by atoms with E-state index in [4.69, 9.17) is 0 Å². The van der Waals surface area contributed by atoms with Crippen LogP contribution in [0.15, 0.2) is 54.9 Å². The van der Waals surface area contributed by atoms with Crippen molar-refractivity contribution in [1.82, 2.24) is 10.3 Å². The molecule has 0 saturated heterocycles. The normalized spacial score (nSPS) is 10.6. The van der Waals surface area contributed by atoms with E-state index in [-0.39, 0.29) is 11.3 Å². The van der Waals surface area contributed by atoms with Crippen molar-refractivity contribution in [1.29, 1.82) is 0 Å². The summed E-state index contributed by atoms with van der Waals surface area (Å²) in [6.45, 7) is 2.22. The quantitative estimate of drug-likeness (QED) is 0.476. The highest BCUT2D eigenvalue weighted by atomic mass is 127. The SMILES string of the molecule is Cc1cc(I)ccc1Nc1c(C(=O)NCCc2ccncc2)ccc(F)c1F. The highest BCUT2D eigenvalue weighted by Crippen LogP contribution is 2.28. The van der Waals surface area contributed by atoms with Crippen LogP contribution in [-0.4, -0.2) is 17.4 Å². The van der Waals surface area contributed by atoms with Gasteiger partial charge in [-0.05, 0) is 89.5 Å². The number of anilines is 2. The third-order valence-electron chi connectivity index (χ3n) is 4.24. The topological polar surface area (TPSA) is 54.0 Å². The number of halogens is 3. The number of nitrogens with one attached hydrogen (secondary N) is 2. The van der Waals surface area contributed by atoms with Crippen molar-refractivity contribution in [3.05, 3.63) is 86.8 Å². The second-order valence-electron chi connectivity index (χ2n) is 6.23. The molecule has 0 bridgehead atoms. The molecule has 1 aromatic heterocycles. The van der Waals surface area contributed by atoms with Gasteiger partial charge in [-0.3, -0.25) is 9.78 Å². The van der Waals surface area contributed by atoms with Crippen LogP contribution in [0.25, 0.3) is 0 Å². The first-order chi connectivity index (χ1) is 13.5. The highest BCUT2D eigenvalue weighted by molar-refractivity contribution is 14.1. The lowest BCUT2D eigenvalue weighted by Gasteiger charge is -2.15. The lowest BCUT2D eigenvalue weighted by atomic mass is 10.1. The van der Waals surface area contributed by atoms with Crippen LogP contribution < -0.4 is 10.6 Å². The number of rotatable bonds is 6. The molecule has 0 radical (unpaired) electrons. The van der Waals surface area contributed by atoms with Crippen molar-refractivity contribution in [3.63, 3.8) is 0 Å². The van der Waals surface area contributed by atoms with E-state index >= 15 is 0 Å². The van der Waals surface area contributed by atoms with Gasteiger partial charge in [-0.2, -0.15) is 0 Å². The fourth-order valence-corrected chi connectivity index (χ4v) is 3.38. The van der Waals surface area contributed by atoms with Gasteiger partial charge < -0.3 is 10.6 Å². The number of nitrogens with zero attached hydrogens (tertiary/aromatic N) is 1. The lowest BCUT2D eigenvalue weighted by Crippen LogP contribution is -2.27. The number of carbonyl (C=O) groups excluding carboxylic acids is 1. The number of aromatic nitrogens is 1. The summed E-state index contributed by atoms with van der Waals surface area (Å²) >= 11 is 2.17. The number of carbonyl (C=O) groups is 1. The van der Waals surface area contributed by atoms with E-state index in [2.05, 4.69) is 38.2 Å². The molecule has 0 aliphatic carbocycles. The molecular weight excluding hydrogens is 475 g/mol. The molecule has 0 atom stereocenters. The van der Waals surface area contributed by atoms with Crippen molar-refractivity contribution < 1.29 is 13.6 Å². The van der Waals surface area contributed by atoms with E-state index in [1.165, 1.54) is 6.07 Å². The second-order valence-corrected chi connectivity index (χ2v) is 7.48. The summed E-state index contributed by atoms with van der Waals surface area (Å²) in [5.41, 5.74) is 2.36. The van der Waals surface area contributed by atoms with Crippen LogP contribution in [0.1, 0.15) is 21.5 Å². The van der Waals surface area contributed by atoms with E-state index in [9.17, 15) is 13.6 Å². The summed E-state index contributed by atoms with van der Waals surface area (Å²) < 4.78 is 29.3. The average Bonchev–Trinajstić information content (AvgIpc) is 2.68. The Hall–Kier alpha value is -2.55. The van der Waals surface area contributed by atoms with E-state index in [0.717, 1.165) is 20.8 Å². The number of benzene rings is 2. The van der Waals surface area contributed by atoms with Crippen LogP contribution in [0, 0.1) is 22.1 Å². The van der Waals surface area contributed by atoms with E-state index < -0.39 is 17.5 Å². The second kappa shape index (κ2) is 9.09. The fourth-order valence-electron chi connectivity index (χ4n) is 2.73. The molecule has 0 aliphatic rings. The fraction of sp³-hybridized carbons (Fsp3) is 0.143. The van der Waals surface area contributed by atoms with E-state index in [1.807, 2.05) is 31.2 Å². The number of hydrogen-bond acceptors (Lipinski definition) is 3. The maximum atomic E-state index is 14.5. The molecule has 2 aromatic carbocycles. The van der Waals surface area contributed by atoms with Gasteiger partial charge in [-0.15, -0.1) is 0 Å². The first-order valence-corrected chi connectivity index (χ1v) is 9.72. The van der Waals surface area contributed by atoms with Gasteiger partial charge in [0, 0.05) is 28.2 Å². The molecule has 0 unspecified atom stereocenters. The largest absolute Gasteiger partial charge is 0.352 e. The van der Waals surface area contributed by atoms with Crippen molar-refractivity contribution in [2.45, 2.75) is 13.3 Å². The number of hydrogen-bond donors (Lipinski definition) is 2. The number of pyridine rings is 1. The van der Waals surface area contributed by atoms with E-state index in [0.29, 0.717) is 18.7 Å². The van der Waals surface area contributed by atoms with Crippen LogP contribution in [0.5, 0.6) is 0 Å². The van der Waals surface area contributed by atoms with Crippen LogP contribution in [0.4, 0.5) is 20.2 Å². The zero-order chi connectivity index (χ0) is 20.1. The molecule has 28 heavy (non-hydrogen) atoms. The molecule has 0 aliphatic heterocycles. The molecule has 3 rings (SSSR count). The Kier molecular flexibility index (Phi) is 6.56. The summed E-state index contributed by atoms with van der Waals surface area (Å²) in [7, 11) is 0. The van der Waals surface area contributed by atoms with Gasteiger partial charge in [0.05, 0.1) is 11.3 Å². The van der Waals surface area contributed by atoms with Gasteiger partial charge >= 0.3 is 0 Å². The highest BCUT2D eigenvalue weighted by Gasteiger charge is 2.19. The van der Waals surface area contributed by atoms with Crippen molar-refractivity contribution in [2.75, 3.05) is 11.9 Å². The lowest BCUT2D eigenvalue weighted by molar-refractivity contribution is 0.0954. The minimum absolute atomic E-state index is 0.0478. The summed E-state index contributed by atoms with van der Waals surface area (Å²) in [4.78, 5) is 16.5. The molecule has 4 nitrogen and oxygen atoms in total. The molecular formula is C21H18F2IN3O. The van der Waals surface area contributed by atoms with Gasteiger partial charge in [0.15, 0.2) is 11.6 Å². The van der Waals surface area contributed by atoms with Crippen LogP contribution in [0.3, 0.4) is 0 Å².